The van der Waals surface area contributed by atoms with Crippen LogP contribution in [0.4, 0.5) is 0 Å². The van der Waals surface area contributed by atoms with E-state index in [2.05, 4.69) is 5.32 Å². The first-order valence-corrected chi connectivity index (χ1v) is 8.96. The van der Waals surface area contributed by atoms with Crippen LogP contribution in [0.3, 0.4) is 0 Å². The maximum absolute atomic E-state index is 12.7. The third-order valence-electron chi connectivity index (χ3n) is 4.27. The van der Waals surface area contributed by atoms with E-state index in [1.807, 2.05) is 29.2 Å². The van der Waals surface area contributed by atoms with Crippen LogP contribution in [0.15, 0.2) is 24.3 Å². The Morgan fingerprint density at radius 2 is 2.00 bits per heavy atom. The fourth-order valence-corrected chi connectivity index (χ4v) is 4.40. The summed E-state index contributed by atoms with van der Waals surface area (Å²) in [6.07, 6.45) is 1.82. The molecule has 1 aromatic heterocycles. The first-order valence-electron chi connectivity index (χ1n) is 7.77. The molecule has 1 saturated heterocycles. The first-order chi connectivity index (χ1) is 11.1. The van der Waals surface area contributed by atoms with Crippen molar-refractivity contribution in [3.63, 3.8) is 0 Å². The Hall–Kier alpha value is -1.59. The van der Waals surface area contributed by atoms with Crippen LogP contribution in [0.2, 0.25) is 5.02 Å². The second kappa shape index (κ2) is 6.89. The van der Waals surface area contributed by atoms with E-state index in [1.165, 1.54) is 18.3 Å². The van der Waals surface area contributed by atoms with Crippen LogP contribution in [0.5, 0.6) is 0 Å². The van der Waals surface area contributed by atoms with Crippen LogP contribution >= 0.6 is 22.9 Å². The molecule has 0 unspecified atom stereocenters. The molecule has 2 aromatic rings. The molecule has 3 rings (SSSR count). The Kier molecular flexibility index (Phi) is 4.87. The van der Waals surface area contributed by atoms with Crippen LogP contribution in [0.1, 0.15) is 29.4 Å². The van der Waals surface area contributed by atoms with Gasteiger partial charge < -0.3 is 10.2 Å². The molecule has 6 heteroatoms. The number of likely N-dealkylation sites (tertiary alicyclic amines) is 1. The van der Waals surface area contributed by atoms with Crippen molar-refractivity contribution in [3.05, 3.63) is 34.2 Å². The Bertz CT molecular complexity index is 735. The van der Waals surface area contributed by atoms with Gasteiger partial charge in [0.25, 0.3) is 5.91 Å². The second-order valence-corrected chi connectivity index (χ2v) is 7.34. The van der Waals surface area contributed by atoms with E-state index >= 15 is 0 Å². The fraction of sp³-hybridized carbons (Fsp3) is 0.412. The smallest absolute Gasteiger partial charge is 0.265 e. The zero-order valence-electron chi connectivity index (χ0n) is 13.0. The van der Waals surface area contributed by atoms with Crippen LogP contribution in [0, 0.1) is 5.92 Å². The monoisotopic (exact) mass is 350 g/mol. The molecule has 0 atom stereocenters. The summed E-state index contributed by atoms with van der Waals surface area (Å²) in [5, 5.41) is 4.37. The van der Waals surface area contributed by atoms with Gasteiger partial charge in [0, 0.05) is 36.6 Å². The number of hydrogen-bond donors (Lipinski definition) is 1. The molecule has 0 saturated carbocycles. The van der Waals surface area contributed by atoms with Gasteiger partial charge in [0.1, 0.15) is 4.88 Å². The molecule has 1 aromatic carbocycles. The summed E-state index contributed by atoms with van der Waals surface area (Å²) in [5.41, 5.74) is 0. The Morgan fingerprint density at radius 3 is 2.65 bits per heavy atom. The van der Waals surface area contributed by atoms with Crippen LogP contribution in [0.25, 0.3) is 10.1 Å². The van der Waals surface area contributed by atoms with Crippen LogP contribution in [-0.4, -0.2) is 36.3 Å². The summed E-state index contributed by atoms with van der Waals surface area (Å²) in [5.74, 6) is 0.468. The van der Waals surface area contributed by atoms with Crippen molar-refractivity contribution in [2.24, 2.45) is 5.92 Å². The maximum Gasteiger partial charge on any atom is 0.265 e. The lowest BCUT2D eigenvalue weighted by Crippen LogP contribution is -2.41. The van der Waals surface area contributed by atoms with Crippen molar-refractivity contribution in [3.8, 4) is 0 Å². The van der Waals surface area contributed by atoms with E-state index in [9.17, 15) is 9.59 Å². The van der Waals surface area contributed by atoms with Crippen LogP contribution < -0.4 is 5.32 Å². The molecule has 2 heterocycles. The summed E-state index contributed by atoms with van der Waals surface area (Å²) in [7, 11) is 0. The minimum absolute atomic E-state index is 0.000522. The zero-order chi connectivity index (χ0) is 16.4. The quantitative estimate of drug-likeness (QED) is 0.920. The molecule has 1 fully saturated rings. The van der Waals surface area contributed by atoms with Crippen molar-refractivity contribution in [1.82, 2.24) is 10.2 Å². The molecule has 4 nitrogen and oxygen atoms in total. The molecule has 2 amide bonds. The highest BCUT2D eigenvalue weighted by Gasteiger charge is 2.26. The SMILES string of the molecule is CC(=O)NCC1CCN(C(=O)c2sc3ccccc3c2Cl)CC1. The van der Waals surface area contributed by atoms with Crippen molar-refractivity contribution in [1.29, 1.82) is 0 Å². The normalized spacial score (nSPS) is 15.8. The molecule has 1 aliphatic heterocycles. The highest BCUT2D eigenvalue weighted by molar-refractivity contribution is 7.21. The molecule has 122 valence electrons. The minimum Gasteiger partial charge on any atom is -0.356 e. The van der Waals surface area contributed by atoms with Crippen LogP contribution in [-0.2, 0) is 4.79 Å². The molecule has 0 aliphatic carbocycles. The number of fused-ring (bicyclic) bond motifs is 1. The molecule has 23 heavy (non-hydrogen) atoms. The Balaban J connectivity index is 1.67. The third-order valence-corrected chi connectivity index (χ3v) is 5.93. The topological polar surface area (TPSA) is 49.4 Å². The Morgan fingerprint density at radius 1 is 1.30 bits per heavy atom. The van der Waals surface area contributed by atoms with Gasteiger partial charge in [-0.05, 0) is 24.8 Å². The van der Waals surface area contributed by atoms with E-state index in [-0.39, 0.29) is 11.8 Å². The number of nitrogens with one attached hydrogen (secondary N) is 1. The number of amides is 2. The number of nitrogens with zero attached hydrogens (tertiary/aromatic N) is 1. The average molecular weight is 351 g/mol. The van der Waals surface area contributed by atoms with Gasteiger partial charge in [-0.15, -0.1) is 11.3 Å². The number of piperidine rings is 1. The molecule has 0 bridgehead atoms. The first kappa shape index (κ1) is 16.3. The average Bonchev–Trinajstić information content (AvgIpc) is 2.90. The van der Waals surface area contributed by atoms with Gasteiger partial charge in [-0.2, -0.15) is 0 Å². The van der Waals surface area contributed by atoms with Crippen molar-refractivity contribution < 1.29 is 9.59 Å². The van der Waals surface area contributed by atoms with Gasteiger partial charge >= 0.3 is 0 Å². The number of carbonyl (C=O) groups is 2. The molecular formula is C17H19ClN2O2S. The summed E-state index contributed by atoms with van der Waals surface area (Å²) >= 11 is 7.86. The predicted octanol–water partition coefficient (Wildman–Crippen LogP) is 3.54. The van der Waals surface area contributed by atoms with E-state index in [1.54, 1.807) is 0 Å². The second-order valence-electron chi connectivity index (χ2n) is 5.91. The molecule has 1 N–H and O–H groups in total. The summed E-state index contributed by atoms with van der Waals surface area (Å²) in [6.45, 7) is 3.66. The maximum atomic E-state index is 12.7. The van der Waals surface area contributed by atoms with E-state index in [0.29, 0.717) is 35.5 Å². The van der Waals surface area contributed by atoms with E-state index in [0.717, 1.165) is 22.9 Å². The number of carbonyl (C=O) groups excluding carboxylic acids is 2. The highest BCUT2D eigenvalue weighted by Crippen LogP contribution is 2.36. The molecule has 0 spiro atoms. The largest absolute Gasteiger partial charge is 0.356 e. The summed E-state index contributed by atoms with van der Waals surface area (Å²) < 4.78 is 1.04. The van der Waals surface area contributed by atoms with E-state index in [4.69, 9.17) is 11.6 Å². The number of hydrogen-bond acceptors (Lipinski definition) is 3. The predicted molar refractivity (Wildman–Crippen MR) is 94.1 cm³/mol. The number of halogens is 1. The van der Waals surface area contributed by atoms with Crippen molar-refractivity contribution in [2.75, 3.05) is 19.6 Å². The lowest BCUT2D eigenvalue weighted by atomic mass is 9.96. The van der Waals surface area contributed by atoms with Gasteiger partial charge in [-0.25, -0.2) is 0 Å². The summed E-state index contributed by atoms with van der Waals surface area (Å²) in [6, 6.07) is 7.83. The van der Waals surface area contributed by atoms with Crippen molar-refractivity contribution in [2.45, 2.75) is 19.8 Å². The number of benzene rings is 1. The number of thiophene rings is 1. The minimum atomic E-state index is 0.000522. The third kappa shape index (κ3) is 3.51. The number of rotatable bonds is 3. The standard InChI is InChI=1S/C17H19ClN2O2S/c1-11(21)19-10-12-6-8-20(9-7-12)17(22)16-15(18)13-4-2-3-5-14(13)23-16/h2-5,12H,6-10H2,1H3,(H,19,21). The summed E-state index contributed by atoms with van der Waals surface area (Å²) in [4.78, 5) is 26.2. The fourth-order valence-electron chi connectivity index (χ4n) is 2.92. The Labute approximate surface area is 144 Å². The van der Waals surface area contributed by atoms with Gasteiger partial charge in [0.15, 0.2) is 0 Å². The van der Waals surface area contributed by atoms with Gasteiger partial charge in [-0.3, -0.25) is 9.59 Å². The van der Waals surface area contributed by atoms with E-state index < -0.39 is 0 Å². The zero-order valence-corrected chi connectivity index (χ0v) is 14.5. The molecule has 0 radical (unpaired) electrons. The van der Waals surface area contributed by atoms with Gasteiger partial charge in [0.2, 0.25) is 5.91 Å². The highest BCUT2D eigenvalue weighted by atomic mass is 35.5. The van der Waals surface area contributed by atoms with Gasteiger partial charge in [-0.1, -0.05) is 29.8 Å². The molecular weight excluding hydrogens is 332 g/mol. The van der Waals surface area contributed by atoms with Gasteiger partial charge in [0.05, 0.1) is 5.02 Å². The molecule has 1 aliphatic rings. The van der Waals surface area contributed by atoms with Crippen molar-refractivity contribution >= 4 is 44.8 Å². The lowest BCUT2D eigenvalue weighted by Gasteiger charge is -2.31. The lowest BCUT2D eigenvalue weighted by molar-refractivity contribution is -0.119.